The van der Waals surface area contributed by atoms with Gasteiger partial charge in [-0.1, -0.05) is 41.5 Å². The van der Waals surface area contributed by atoms with Crippen LogP contribution < -0.4 is 30.6 Å². The molecule has 2 amide bonds. The standard InChI is InChI=1S/C31H39N3O5/c1-20-15-21(2)17-22(16-20)7-6-8-27(32)31(36)34-30(26-14-13-25(37-4)18-28(26)38-5)23-9-11-24(12-10-23)39-19-29(35)33-3/h9-18,27,30H,6-8,19,32H2,1-5H3,(H,33,35)(H,34,36)/t27-,30?/m0/s1. The van der Waals surface area contributed by atoms with E-state index in [1.165, 1.54) is 16.7 Å². The third kappa shape index (κ3) is 8.48. The molecule has 0 aliphatic rings. The maximum absolute atomic E-state index is 13.3. The monoisotopic (exact) mass is 533 g/mol. The van der Waals surface area contributed by atoms with E-state index in [4.69, 9.17) is 19.9 Å². The van der Waals surface area contributed by atoms with E-state index in [1.807, 2.05) is 24.3 Å². The Morgan fingerprint density at radius 1 is 0.897 bits per heavy atom. The number of nitrogens with two attached hydrogens (primary N) is 1. The molecular formula is C31H39N3O5. The van der Waals surface area contributed by atoms with Gasteiger partial charge in [0.05, 0.1) is 26.3 Å². The second-order valence-corrected chi connectivity index (χ2v) is 9.58. The topological polar surface area (TPSA) is 112 Å². The van der Waals surface area contributed by atoms with Crippen molar-refractivity contribution < 1.29 is 23.8 Å². The molecule has 0 radical (unpaired) electrons. The molecule has 0 bridgehead atoms. The third-order valence-corrected chi connectivity index (χ3v) is 6.50. The third-order valence-electron chi connectivity index (χ3n) is 6.50. The maximum atomic E-state index is 13.3. The summed E-state index contributed by atoms with van der Waals surface area (Å²) in [6.07, 6.45) is 2.21. The van der Waals surface area contributed by atoms with E-state index in [1.54, 1.807) is 39.5 Å². The van der Waals surface area contributed by atoms with Crippen LogP contribution in [0.2, 0.25) is 0 Å². The van der Waals surface area contributed by atoms with Crippen molar-refractivity contribution in [2.45, 2.75) is 45.2 Å². The van der Waals surface area contributed by atoms with Crippen LogP contribution in [0, 0.1) is 13.8 Å². The van der Waals surface area contributed by atoms with Crippen molar-refractivity contribution in [3.05, 3.63) is 88.5 Å². The largest absolute Gasteiger partial charge is 0.497 e. The van der Waals surface area contributed by atoms with E-state index in [0.29, 0.717) is 23.7 Å². The highest BCUT2D eigenvalue weighted by molar-refractivity contribution is 5.82. The molecule has 3 aromatic carbocycles. The molecule has 3 aromatic rings. The predicted molar refractivity (Wildman–Crippen MR) is 152 cm³/mol. The van der Waals surface area contributed by atoms with E-state index in [2.05, 4.69) is 42.7 Å². The SMILES string of the molecule is CNC(=O)COc1ccc(C(NC(=O)[C@@H](N)CCCc2cc(C)cc(C)c2)c2ccc(OC)cc2OC)cc1. The number of aryl methyl sites for hydroxylation is 3. The van der Waals surface area contributed by atoms with E-state index in [9.17, 15) is 9.59 Å². The Morgan fingerprint density at radius 2 is 1.56 bits per heavy atom. The number of hydrogen-bond donors (Lipinski definition) is 3. The molecule has 208 valence electrons. The van der Waals surface area contributed by atoms with Crippen molar-refractivity contribution >= 4 is 11.8 Å². The van der Waals surface area contributed by atoms with E-state index >= 15 is 0 Å². The van der Waals surface area contributed by atoms with Gasteiger partial charge in [-0.2, -0.15) is 0 Å². The van der Waals surface area contributed by atoms with Gasteiger partial charge in [0, 0.05) is 18.7 Å². The average Bonchev–Trinajstić information content (AvgIpc) is 2.93. The number of rotatable bonds is 13. The zero-order valence-corrected chi connectivity index (χ0v) is 23.4. The number of methoxy groups -OCH3 is 2. The zero-order chi connectivity index (χ0) is 28.4. The summed E-state index contributed by atoms with van der Waals surface area (Å²) >= 11 is 0. The molecule has 8 nitrogen and oxygen atoms in total. The summed E-state index contributed by atoms with van der Waals surface area (Å²) in [6.45, 7) is 4.09. The van der Waals surface area contributed by atoms with E-state index < -0.39 is 12.1 Å². The summed E-state index contributed by atoms with van der Waals surface area (Å²) in [5, 5.41) is 5.64. The molecule has 0 aliphatic carbocycles. The molecule has 1 unspecified atom stereocenters. The summed E-state index contributed by atoms with van der Waals surface area (Å²) in [4.78, 5) is 24.8. The Morgan fingerprint density at radius 3 is 2.18 bits per heavy atom. The normalized spacial score (nSPS) is 12.3. The van der Waals surface area contributed by atoms with Crippen molar-refractivity contribution in [1.29, 1.82) is 0 Å². The second-order valence-electron chi connectivity index (χ2n) is 9.58. The minimum absolute atomic E-state index is 0.0840. The lowest BCUT2D eigenvalue weighted by molar-refractivity contribution is -0.123. The van der Waals surface area contributed by atoms with Crippen LogP contribution in [0.3, 0.4) is 0 Å². The number of amides is 2. The van der Waals surface area contributed by atoms with Crippen molar-refractivity contribution in [3.63, 3.8) is 0 Å². The van der Waals surface area contributed by atoms with Gasteiger partial charge in [-0.05, 0) is 68.5 Å². The molecule has 3 rings (SSSR count). The maximum Gasteiger partial charge on any atom is 0.257 e. The number of ether oxygens (including phenoxy) is 3. The minimum atomic E-state index is -0.669. The number of carbonyl (C=O) groups excluding carboxylic acids is 2. The van der Waals surface area contributed by atoms with Crippen LogP contribution in [0.5, 0.6) is 17.2 Å². The van der Waals surface area contributed by atoms with Crippen LogP contribution in [0.1, 0.15) is 46.7 Å². The van der Waals surface area contributed by atoms with Crippen molar-refractivity contribution in [1.82, 2.24) is 10.6 Å². The molecule has 0 saturated carbocycles. The van der Waals surface area contributed by atoms with E-state index in [-0.39, 0.29) is 18.4 Å². The predicted octanol–water partition coefficient (Wildman–Crippen LogP) is 4.00. The van der Waals surface area contributed by atoms with Crippen LogP contribution in [-0.2, 0) is 16.0 Å². The average molecular weight is 534 g/mol. The lowest BCUT2D eigenvalue weighted by Crippen LogP contribution is -2.42. The van der Waals surface area contributed by atoms with Gasteiger partial charge in [-0.25, -0.2) is 0 Å². The van der Waals surface area contributed by atoms with Crippen LogP contribution in [0.25, 0.3) is 0 Å². The second kappa shape index (κ2) is 14.2. The Kier molecular flexibility index (Phi) is 10.8. The van der Waals surface area contributed by atoms with Crippen molar-refractivity contribution in [3.8, 4) is 17.2 Å². The van der Waals surface area contributed by atoms with Crippen LogP contribution in [0.4, 0.5) is 0 Å². The molecule has 0 aliphatic heterocycles. The Bertz CT molecular complexity index is 1240. The van der Waals surface area contributed by atoms with Gasteiger partial charge in [-0.15, -0.1) is 0 Å². The molecule has 4 N–H and O–H groups in total. The van der Waals surface area contributed by atoms with E-state index in [0.717, 1.165) is 24.0 Å². The number of nitrogens with one attached hydrogen (secondary N) is 2. The zero-order valence-electron chi connectivity index (χ0n) is 23.4. The highest BCUT2D eigenvalue weighted by Crippen LogP contribution is 2.34. The van der Waals surface area contributed by atoms with Gasteiger partial charge in [0.2, 0.25) is 5.91 Å². The fourth-order valence-corrected chi connectivity index (χ4v) is 4.49. The molecule has 8 heteroatoms. The number of hydrogen-bond acceptors (Lipinski definition) is 6. The Balaban J connectivity index is 1.77. The summed E-state index contributed by atoms with van der Waals surface area (Å²) in [7, 11) is 4.71. The Labute approximate surface area is 230 Å². The molecule has 0 heterocycles. The lowest BCUT2D eigenvalue weighted by atomic mass is 9.96. The van der Waals surface area contributed by atoms with Gasteiger partial charge < -0.3 is 30.6 Å². The summed E-state index contributed by atoms with van der Waals surface area (Å²) < 4.78 is 16.5. The molecule has 0 spiro atoms. The highest BCUT2D eigenvalue weighted by Gasteiger charge is 2.24. The molecule has 2 atom stereocenters. The number of benzene rings is 3. The lowest BCUT2D eigenvalue weighted by Gasteiger charge is -2.24. The Hall–Kier alpha value is -4.04. The first-order valence-electron chi connectivity index (χ1n) is 13.0. The smallest absolute Gasteiger partial charge is 0.257 e. The highest BCUT2D eigenvalue weighted by atomic mass is 16.5. The summed E-state index contributed by atoms with van der Waals surface area (Å²) in [5.74, 6) is 1.28. The molecule has 0 saturated heterocycles. The summed E-state index contributed by atoms with van der Waals surface area (Å²) in [6, 6.07) is 18.0. The first-order chi connectivity index (χ1) is 18.7. The van der Waals surface area contributed by atoms with Crippen LogP contribution in [-0.4, -0.2) is 45.7 Å². The molecule has 0 aromatic heterocycles. The van der Waals surface area contributed by atoms with Gasteiger partial charge in [0.15, 0.2) is 6.61 Å². The van der Waals surface area contributed by atoms with Gasteiger partial charge in [0.25, 0.3) is 5.91 Å². The van der Waals surface area contributed by atoms with Gasteiger partial charge >= 0.3 is 0 Å². The molecule has 39 heavy (non-hydrogen) atoms. The first kappa shape index (κ1) is 29.5. The van der Waals surface area contributed by atoms with Crippen LogP contribution >= 0.6 is 0 Å². The fourth-order valence-electron chi connectivity index (χ4n) is 4.49. The first-order valence-corrected chi connectivity index (χ1v) is 13.0. The van der Waals surface area contributed by atoms with Crippen molar-refractivity contribution in [2.24, 2.45) is 5.73 Å². The number of likely N-dealkylation sites (N-methyl/N-ethyl adjacent to an activating group) is 1. The molecule has 0 fully saturated rings. The minimum Gasteiger partial charge on any atom is -0.497 e. The van der Waals surface area contributed by atoms with Crippen molar-refractivity contribution in [2.75, 3.05) is 27.9 Å². The summed E-state index contributed by atoms with van der Waals surface area (Å²) in [5.41, 5.74) is 11.6. The van der Waals surface area contributed by atoms with Gasteiger partial charge in [-0.3, -0.25) is 9.59 Å². The molecular weight excluding hydrogens is 494 g/mol. The van der Waals surface area contributed by atoms with Crippen LogP contribution in [0.15, 0.2) is 60.7 Å². The quantitative estimate of drug-likeness (QED) is 0.306. The fraction of sp³-hybridized carbons (Fsp3) is 0.355. The van der Waals surface area contributed by atoms with Gasteiger partial charge in [0.1, 0.15) is 17.2 Å². The number of carbonyl (C=O) groups is 2.